The van der Waals surface area contributed by atoms with Crippen LogP contribution in [-0.4, -0.2) is 43.8 Å². The second kappa shape index (κ2) is 7.84. The van der Waals surface area contributed by atoms with E-state index in [0.29, 0.717) is 13.2 Å². The van der Waals surface area contributed by atoms with E-state index in [4.69, 9.17) is 18.9 Å². The molecule has 116 valence electrons. The van der Waals surface area contributed by atoms with Gasteiger partial charge in [0.05, 0.1) is 25.4 Å². The summed E-state index contributed by atoms with van der Waals surface area (Å²) in [6.45, 7) is 5.48. The zero-order chi connectivity index (χ0) is 14.4. The van der Waals surface area contributed by atoms with Crippen LogP contribution < -0.4 is 0 Å². The number of carbonyl (C=O) groups is 1. The Labute approximate surface area is 120 Å². The van der Waals surface area contributed by atoms with Gasteiger partial charge in [-0.25, -0.2) is 4.79 Å². The smallest absolute Gasteiger partial charge is 0.431 e. The molecule has 0 radical (unpaired) electrons. The Morgan fingerprint density at radius 2 is 1.40 bits per heavy atom. The minimum Gasteiger partial charge on any atom is -0.431 e. The topological polar surface area (TPSA) is 54.0 Å². The molecular weight excluding hydrogens is 260 g/mol. The Balaban J connectivity index is 1.71. The molecule has 0 aromatic carbocycles. The van der Waals surface area contributed by atoms with Crippen molar-refractivity contribution < 1.29 is 23.7 Å². The van der Waals surface area contributed by atoms with Gasteiger partial charge >= 0.3 is 6.16 Å². The fraction of sp³-hybridized carbons (Fsp3) is 0.933. The van der Waals surface area contributed by atoms with Crippen LogP contribution in [0.3, 0.4) is 0 Å². The van der Waals surface area contributed by atoms with Gasteiger partial charge in [-0.1, -0.05) is 13.8 Å². The fourth-order valence-corrected chi connectivity index (χ4v) is 2.77. The minimum absolute atomic E-state index is 0.0667. The van der Waals surface area contributed by atoms with Crippen molar-refractivity contribution in [2.45, 2.75) is 76.8 Å². The molecule has 0 saturated carbocycles. The predicted molar refractivity (Wildman–Crippen MR) is 73.7 cm³/mol. The summed E-state index contributed by atoms with van der Waals surface area (Å²) in [7, 11) is 0. The normalized spacial score (nSPS) is 34.5. The van der Waals surface area contributed by atoms with Crippen LogP contribution in [0.15, 0.2) is 0 Å². The first-order valence-electron chi connectivity index (χ1n) is 7.81. The molecule has 5 heteroatoms. The maximum Gasteiger partial charge on any atom is 0.508 e. The van der Waals surface area contributed by atoms with Gasteiger partial charge in [0.2, 0.25) is 0 Å². The van der Waals surface area contributed by atoms with E-state index in [9.17, 15) is 4.79 Å². The van der Waals surface area contributed by atoms with E-state index < -0.39 is 6.16 Å². The lowest BCUT2D eigenvalue weighted by atomic mass is 10.0. The Morgan fingerprint density at radius 1 is 0.950 bits per heavy atom. The highest BCUT2D eigenvalue weighted by molar-refractivity contribution is 5.60. The zero-order valence-corrected chi connectivity index (χ0v) is 12.5. The van der Waals surface area contributed by atoms with Crippen molar-refractivity contribution in [2.24, 2.45) is 0 Å². The largest absolute Gasteiger partial charge is 0.508 e. The van der Waals surface area contributed by atoms with Crippen LogP contribution in [-0.2, 0) is 18.9 Å². The maximum absolute atomic E-state index is 11.8. The quantitative estimate of drug-likeness (QED) is 0.743. The van der Waals surface area contributed by atoms with E-state index in [1.54, 1.807) is 0 Å². The fourth-order valence-electron chi connectivity index (χ4n) is 2.77. The molecule has 2 aliphatic rings. The lowest BCUT2D eigenvalue weighted by molar-refractivity contribution is -0.0908. The van der Waals surface area contributed by atoms with Gasteiger partial charge in [0, 0.05) is 25.7 Å². The summed E-state index contributed by atoms with van der Waals surface area (Å²) < 4.78 is 22.0. The molecule has 4 unspecified atom stereocenters. The van der Waals surface area contributed by atoms with Crippen molar-refractivity contribution in [3.63, 3.8) is 0 Å². The van der Waals surface area contributed by atoms with E-state index >= 15 is 0 Å². The van der Waals surface area contributed by atoms with Crippen molar-refractivity contribution in [3.05, 3.63) is 0 Å². The first-order chi connectivity index (χ1) is 9.71. The van der Waals surface area contributed by atoms with Crippen molar-refractivity contribution in [3.8, 4) is 0 Å². The second-order valence-corrected chi connectivity index (χ2v) is 5.58. The van der Waals surface area contributed by atoms with Crippen LogP contribution in [0.5, 0.6) is 0 Å². The molecule has 0 amide bonds. The summed E-state index contributed by atoms with van der Waals surface area (Å²) in [6, 6.07) is 0. The molecule has 0 spiro atoms. The van der Waals surface area contributed by atoms with Crippen LogP contribution >= 0.6 is 0 Å². The van der Waals surface area contributed by atoms with Crippen LogP contribution in [0.2, 0.25) is 0 Å². The van der Waals surface area contributed by atoms with Crippen LogP contribution in [0.25, 0.3) is 0 Å². The Bertz CT molecular complexity index is 279. The highest BCUT2D eigenvalue weighted by Crippen LogP contribution is 2.22. The molecule has 0 bridgehead atoms. The van der Waals surface area contributed by atoms with Crippen molar-refractivity contribution in [2.75, 3.05) is 13.2 Å². The number of carbonyl (C=O) groups excluding carboxylic acids is 1. The molecule has 0 aromatic rings. The molecule has 2 saturated heterocycles. The monoisotopic (exact) mass is 286 g/mol. The molecular formula is C15H26O5. The second-order valence-electron chi connectivity index (χ2n) is 5.58. The van der Waals surface area contributed by atoms with Crippen LogP contribution in [0.1, 0.15) is 52.4 Å². The van der Waals surface area contributed by atoms with Crippen molar-refractivity contribution in [1.29, 1.82) is 0 Å². The summed E-state index contributed by atoms with van der Waals surface area (Å²) in [5.74, 6) is 0. The van der Waals surface area contributed by atoms with Gasteiger partial charge in [0.25, 0.3) is 0 Å². The third-order valence-electron chi connectivity index (χ3n) is 4.07. The van der Waals surface area contributed by atoms with Gasteiger partial charge in [-0.2, -0.15) is 0 Å². The summed E-state index contributed by atoms with van der Waals surface area (Å²) in [5, 5.41) is 0. The Hall–Kier alpha value is -0.810. The maximum atomic E-state index is 11.8. The SMILES string of the molecule is CCC1CC(OC(=O)OC2CCOC(CC)C2)CCO1. The predicted octanol–water partition coefficient (Wildman–Crippen LogP) is 3.05. The average molecular weight is 286 g/mol. The summed E-state index contributed by atoms with van der Waals surface area (Å²) in [4.78, 5) is 11.8. The van der Waals surface area contributed by atoms with Gasteiger partial charge in [-0.3, -0.25) is 0 Å². The van der Waals surface area contributed by atoms with E-state index in [1.807, 2.05) is 0 Å². The number of rotatable bonds is 4. The van der Waals surface area contributed by atoms with Gasteiger partial charge in [0.15, 0.2) is 0 Å². The van der Waals surface area contributed by atoms with Crippen molar-refractivity contribution >= 4 is 6.16 Å². The summed E-state index contributed by atoms with van der Waals surface area (Å²) in [5.41, 5.74) is 0. The highest BCUT2D eigenvalue weighted by Gasteiger charge is 2.28. The Morgan fingerprint density at radius 3 is 1.80 bits per heavy atom. The van der Waals surface area contributed by atoms with E-state index in [2.05, 4.69) is 13.8 Å². The molecule has 0 N–H and O–H groups in total. The van der Waals surface area contributed by atoms with Crippen LogP contribution in [0, 0.1) is 0 Å². The zero-order valence-electron chi connectivity index (χ0n) is 12.5. The lowest BCUT2D eigenvalue weighted by Crippen LogP contribution is -2.35. The molecule has 0 aliphatic carbocycles. The Kier molecular flexibility index (Phi) is 6.10. The van der Waals surface area contributed by atoms with E-state index in [-0.39, 0.29) is 24.4 Å². The third kappa shape index (κ3) is 4.63. The van der Waals surface area contributed by atoms with E-state index in [1.165, 1.54) is 0 Å². The first-order valence-corrected chi connectivity index (χ1v) is 7.81. The number of hydrogen-bond donors (Lipinski definition) is 0. The molecule has 2 rings (SSSR count). The van der Waals surface area contributed by atoms with Gasteiger partial charge in [-0.05, 0) is 12.8 Å². The molecule has 20 heavy (non-hydrogen) atoms. The standard InChI is InChI=1S/C15H26O5/c1-3-11-9-13(5-7-17-11)19-15(16)20-14-6-8-18-12(4-2)10-14/h11-14H,3-10H2,1-2H3. The minimum atomic E-state index is -0.534. The van der Waals surface area contributed by atoms with E-state index in [0.717, 1.165) is 38.5 Å². The highest BCUT2D eigenvalue weighted by atomic mass is 16.7. The number of hydrogen-bond acceptors (Lipinski definition) is 5. The summed E-state index contributed by atoms with van der Waals surface area (Å²) in [6.07, 6.45) is 4.71. The van der Waals surface area contributed by atoms with Gasteiger partial charge < -0.3 is 18.9 Å². The van der Waals surface area contributed by atoms with Gasteiger partial charge in [-0.15, -0.1) is 0 Å². The summed E-state index contributed by atoms with van der Waals surface area (Å²) >= 11 is 0. The molecule has 4 atom stereocenters. The third-order valence-corrected chi connectivity index (χ3v) is 4.07. The average Bonchev–Trinajstić information content (AvgIpc) is 2.47. The molecule has 5 nitrogen and oxygen atoms in total. The first kappa shape index (κ1) is 15.6. The van der Waals surface area contributed by atoms with Gasteiger partial charge in [0.1, 0.15) is 12.2 Å². The van der Waals surface area contributed by atoms with Crippen molar-refractivity contribution in [1.82, 2.24) is 0 Å². The number of ether oxygens (including phenoxy) is 4. The molecule has 2 heterocycles. The molecule has 0 aromatic heterocycles. The lowest BCUT2D eigenvalue weighted by Gasteiger charge is -2.31. The molecule has 2 fully saturated rings. The van der Waals surface area contributed by atoms with Crippen LogP contribution in [0.4, 0.5) is 4.79 Å². The molecule has 2 aliphatic heterocycles.